The van der Waals surface area contributed by atoms with Crippen LogP contribution in [0, 0.1) is 0 Å². The van der Waals surface area contributed by atoms with E-state index in [0.717, 1.165) is 45.0 Å². The van der Waals surface area contributed by atoms with Crippen molar-refractivity contribution in [2.45, 2.75) is 19.5 Å². The maximum absolute atomic E-state index is 6.00. The van der Waals surface area contributed by atoms with Crippen LogP contribution in [0.4, 0.5) is 0 Å². The van der Waals surface area contributed by atoms with E-state index in [9.17, 15) is 0 Å². The molecule has 1 heterocycles. The molecule has 1 atom stereocenters. The van der Waals surface area contributed by atoms with Crippen molar-refractivity contribution in [1.82, 2.24) is 10.2 Å². The molecular weight excluding hydrogens is 283 g/mol. The summed E-state index contributed by atoms with van der Waals surface area (Å²) in [5.74, 6) is 0. The molecule has 0 amide bonds. The average Bonchev–Trinajstić information content (AvgIpc) is 2.41. The van der Waals surface area contributed by atoms with Gasteiger partial charge in [-0.2, -0.15) is 0 Å². The highest BCUT2D eigenvalue weighted by molar-refractivity contribution is 6.42. The van der Waals surface area contributed by atoms with Crippen LogP contribution < -0.4 is 5.32 Å². The maximum Gasteiger partial charge on any atom is 0.0595 e. The molecule has 1 unspecified atom stereocenters. The SMILES string of the molecule is CC(CN1CCOCC1)NCc1ccc(Cl)c(Cl)c1. The smallest absolute Gasteiger partial charge is 0.0595 e. The molecule has 19 heavy (non-hydrogen) atoms. The highest BCUT2D eigenvalue weighted by atomic mass is 35.5. The van der Waals surface area contributed by atoms with E-state index in [0.29, 0.717) is 16.1 Å². The second kappa shape index (κ2) is 7.46. The van der Waals surface area contributed by atoms with Gasteiger partial charge >= 0.3 is 0 Å². The Morgan fingerprint density at radius 3 is 2.68 bits per heavy atom. The van der Waals surface area contributed by atoms with E-state index >= 15 is 0 Å². The van der Waals surface area contributed by atoms with Gasteiger partial charge in [0.2, 0.25) is 0 Å². The van der Waals surface area contributed by atoms with Crippen molar-refractivity contribution in [3.8, 4) is 0 Å². The van der Waals surface area contributed by atoms with Crippen LogP contribution >= 0.6 is 23.2 Å². The molecule has 1 aliphatic heterocycles. The molecule has 1 aromatic rings. The highest BCUT2D eigenvalue weighted by Crippen LogP contribution is 2.22. The van der Waals surface area contributed by atoms with E-state index in [1.807, 2.05) is 18.2 Å². The third-order valence-electron chi connectivity index (χ3n) is 3.27. The number of benzene rings is 1. The molecule has 1 aliphatic rings. The third kappa shape index (κ3) is 4.93. The van der Waals surface area contributed by atoms with E-state index in [1.165, 1.54) is 0 Å². The van der Waals surface area contributed by atoms with E-state index < -0.39 is 0 Å². The van der Waals surface area contributed by atoms with Crippen molar-refractivity contribution >= 4 is 23.2 Å². The highest BCUT2D eigenvalue weighted by Gasteiger charge is 2.13. The lowest BCUT2D eigenvalue weighted by molar-refractivity contribution is 0.0343. The summed E-state index contributed by atoms with van der Waals surface area (Å²) in [6, 6.07) is 6.20. The number of halogens is 2. The number of ether oxygens (including phenoxy) is 1. The topological polar surface area (TPSA) is 24.5 Å². The number of nitrogens with one attached hydrogen (secondary N) is 1. The van der Waals surface area contributed by atoms with Gasteiger partial charge in [0, 0.05) is 32.2 Å². The largest absolute Gasteiger partial charge is 0.379 e. The van der Waals surface area contributed by atoms with Crippen LogP contribution in [-0.2, 0) is 11.3 Å². The minimum atomic E-state index is 0.438. The Morgan fingerprint density at radius 1 is 1.26 bits per heavy atom. The molecule has 106 valence electrons. The summed E-state index contributed by atoms with van der Waals surface area (Å²) in [6.07, 6.45) is 0. The standard InChI is InChI=1S/C14H20Cl2N2O/c1-11(10-18-4-6-19-7-5-18)17-9-12-2-3-13(15)14(16)8-12/h2-3,8,11,17H,4-7,9-10H2,1H3. The van der Waals surface area contributed by atoms with Crippen LogP contribution in [-0.4, -0.2) is 43.8 Å². The van der Waals surface area contributed by atoms with E-state index in [1.54, 1.807) is 0 Å². The Balaban J connectivity index is 1.75. The number of rotatable bonds is 5. The number of hydrogen-bond donors (Lipinski definition) is 1. The van der Waals surface area contributed by atoms with Crippen molar-refractivity contribution in [2.75, 3.05) is 32.8 Å². The van der Waals surface area contributed by atoms with Gasteiger partial charge in [-0.3, -0.25) is 4.90 Å². The first-order valence-corrected chi connectivity index (χ1v) is 7.38. The molecule has 0 radical (unpaired) electrons. The Hall–Kier alpha value is -0.320. The molecule has 2 rings (SSSR count). The summed E-state index contributed by atoms with van der Waals surface area (Å²) < 4.78 is 5.35. The predicted octanol–water partition coefficient (Wildman–Crippen LogP) is 2.80. The van der Waals surface area contributed by atoms with Gasteiger partial charge < -0.3 is 10.1 Å². The summed E-state index contributed by atoms with van der Waals surface area (Å²) in [5, 5.41) is 4.72. The van der Waals surface area contributed by atoms with E-state index in [2.05, 4.69) is 17.1 Å². The molecule has 5 heteroatoms. The van der Waals surface area contributed by atoms with Gasteiger partial charge in [-0.15, -0.1) is 0 Å². The molecule has 0 spiro atoms. The summed E-state index contributed by atoms with van der Waals surface area (Å²) in [6.45, 7) is 7.80. The lowest BCUT2D eigenvalue weighted by Gasteiger charge is -2.29. The number of hydrogen-bond acceptors (Lipinski definition) is 3. The fourth-order valence-electron chi connectivity index (χ4n) is 2.18. The zero-order valence-electron chi connectivity index (χ0n) is 11.2. The van der Waals surface area contributed by atoms with Gasteiger partial charge in [-0.25, -0.2) is 0 Å². The first-order chi connectivity index (χ1) is 9.15. The lowest BCUT2D eigenvalue weighted by atomic mass is 10.2. The molecule has 0 saturated carbocycles. The van der Waals surface area contributed by atoms with Crippen LogP contribution in [0.15, 0.2) is 18.2 Å². The second-order valence-corrected chi connectivity index (χ2v) is 5.76. The second-order valence-electron chi connectivity index (χ2n) is 4.94. The Bertz CT molecular complexity index is 408. The quantitative estimate of drug-likeness (QED) is 0.905. The minimum Gasteiger partial charge on any atom is -0.379 e. The maximum atomic E-state index is 6.00. The van der Waals surface area contributed by atoms with Crippen molar-refractivity contribution < 1.29 is 4.74 Å². The zero-order chi connectivity index (χ0) is 13.7. The number of nitrogens with zero attached hydrogens (tertiary/aromatic N) is 1. The monoisotopic (exact) mass is 302 g/mol. The number of morpholine rings is 1. The van der Waals surface area contributed by atoms with Crippen LogP contribution in [0.3, 0.4) is 0 Å². The molecule has 1 N–H and O–H groups in total. The van der Waals surface area contributed by atoms with Crippen LogP contribution in [0.25, 0.3) is 0 Å². The minimum absolute atomic E-state index is 0.438. The summed E-state index contributed by atoms with van der Waals surface area (Å²) in [7, 11) is 0. The van der Waals surface area contributed by atoms with Crippen molar-refractivity contribution in [2.24, 2.45) is 0 Å². The summed E-state index contributed by atoms with van der Waals surface area (Å²) >= 11 is 11.9. The van der Waals surface area contributed by atoms with Gasteiger partial charge in [0.15, 0.2) is 0 Å². The lowest BCUT2D eigenvalue weighted by Crippen LogP contribution is -2.44. The molecule has 1 saturated heterocycles. The Morgan fingerprint density at radius 2 is 2.00 bits per heavy atom. The van der Waals surface area contributed by atoms with Crippen LogP contribution in [0.2, 0.25) is 10.0 Å². The van der Waals surface area contributed by atoms with Crippen LogP contribution in [0.1, 0.15) is 12.5 Å². The fourth-order valence-corrected chi connectivity index (χ4v) is 2.50. The summed E-state index contributed by atoms with van der Waals surface area (Å²) in [4.78, 5) is 2.43. The van der Waals surface area contributed by atoms with Crippen molar-refractivity contribution in [3.05, 3.63) is 33.8 Å². The predicted molar refractivity (Wildman–Crippen MR) is 80.0 cm³/mol. The van der Waals surface area contributed by atoms with Crippen molar-refractivity contribution in [1.29, 1.82) is 0 Å². The third-order valence-corrected chi connectivity index (χ3v) is 4.01. The van der Waals surface area contributed by atoms with Crippen LogP contribution in [0.5, 0.6) is 0 Å². The van der Waals surface area contributed by atoms with Gasteiger partial charge in [-0.1, -0.05) is 29.3 Å². The van der Waals surface area contributed by atoms with Gasteiger partial charge in [0.1, 0.15) is 0 Å². The van der Waals surface area contributed by atoms with E-state index in [4.69, 9.17) is 27.9 Å². The first kappa shape index (κ1) is 15.1. The first-order valence-electron chi connectivity index (χ1n) is 6.62. The molecule has 0 aromatic heterocycles. The molecule has 1 fully saturated rings. The zero-order valence-corrected chi connectivity index (χ0v) is 12.7. The van der Waals surface area contributed by atoms with E-state index in [-0.39, 0.29) is 0 Å². The molecule has 0 aliphatic carbocycles. The average molecular weight is 303 g/mol. The molecule has 0 bridgehead atoms. The van der Waals surface area contributed by atoms with Gasteiger partial charge in [-0.05, 0) is 24.6 Å². The fraction of sp³-hybridized carbons (Fsp3) is 0.571. The normalized spacial score (nSPS) is 18.5. The van der Waals surface area contributed by atoms with Crippen molar-refractivity contribution in [3.63, 3.8) is 0 Å². The van der Waals surface area contributed by atoms with Gasteiger partial charge in [0.25, 0.3) is 0 Å². The molecule has 1 aromatic carbocycles. The Labute approximate surface area is 124 Å². The molecular formula is C14H20Cl2N2O. The van der Waals surface area contributed by atoms with Gasteiger partial charge in [0.05, 0.1) is 23.3 Å². The summed E-state index contributed by atoms with van der Waals surface area (Å²) in [5.41, 5.74) is 1.16. The Kier molecular flexibility index (Phi) is 5.92. The molecule has 3 nitrogen and oxygen atoms in total.